The van der Waals surface area contributed by atoms with Gasteiger partial charge in [-0.2, -0.15) is 0 Å². The summed E-state index contributed by atoms with van der Waals surface area (Å²) in [5.74, 6) is -4.42. The van der Waals surface area contributed by atoms with Crippen molar-refractivity contribution in [1.29, 1.82) is 0 Å². The Bertz CT molecular complexity index is 5220. The molecule has 0 saturated heterocycles. The molecule has 578 valence electrons. The molecule has 0 bridgehead atoms. The van der Waals surface area contributed by atoms with E-state index in [2.05, 4.69) is 38.9 Å². The minimum Gasteiger partial charge on any atom is -0.464 e. The van der Waals surface area contributed by atoms with Crippen LogP contribution in [-0.4, -0.2) is 212 Å². The van der Waals surface area contributed by atoms with Gasteiger partial charge in [0.1, 0.15) is 19.8 Å². The minimum atomic E-state index is -0.786. The van der Waals surface area contributed by atoms with E-state index in [0.717, 1.165) is 56.4 Å². The van der Waals surface area contributed by atoms with Crippen LogP contribution in [0.15, 0.2) is 143 Å². The van der Waals surface area contributed by atoms with E-state index < -0.39 is 59.8 Å². The lowest BCUT2D eigenvalue weighted by molar-refractivity contribution is -0.153. The summed E-state index contributed by atoms with van der Waals surface area (Å²) in [6, 6.07) is 28.4. The molecule has 0 aliphatic rings. The summed E-state index contributed by atoms with van der Waals surface area (Å²) in [6.07, 6.45) is 4.01. The summed E-state index contributed by atoms with van der Waals surface area (Å²) in [6.45, 7) is 2.93. The van der Waals surface area contributed by atoms with Crippen molar-refractivity contribution in [2.75, 3.05) is 103 Å². The third kappa shape index (κ3) is 20.5. The zero-order valence-corrected chi connectivity index (χ0v) is 63.6. The molecule has 8 heterocycles. The maximum absolute atomic E-state index is 13.0. The number of nitrogens with zero attached hydrogens (tertiary/aromatic N) is 8. The van der Waals surface area contributed by atoms with Gasteiger partial charge in [0.15, 0.2) is 56.3 Å². The number of aromatic nitrogens is 8. The molecule has 0 unspecified atom stereocenters. The summed E-state index contributed by atoms with van der Waals surface area (Å²) in [4.78, 5) is 162. The van der Waals surface area contributed by atoms with Gasteiger partial charge in [0.05, 0.1) is 106 Å². The summed E-state index contributed by atoms with van der Waals surface area (Å²) in [5.41, 5.74) is 4.17. The van der Waals surface area contributed by atoms with Gasteiger partial charge in [0.2, 0.25) is 23.1 Å². The topological polar surface area (TPSA) is 396 Å². The van der Waals surface area contributed by atoms with Crippen LogP contribution in [0.3, 0.4) is 0 Å². The smallest absolute Gasteiger partial charge is 0.464 e. The Morgan fingerprint density at radius 2 is 0.658 bits per heavy atom. The summed E-state index contributed by atoms with van der Waals surface area (Å²) >= 11 is 4.20. The van der Waals surface area contributed by atoms with Gasteiger partial charge in [0, 0.05) is 89.2 Å². The van der Waals surface area contributed by atoms with Crippen molar-refractivity contribution >= 4 is 160 Å². The number of thiazole rings is 4. The SMILES string of the molecule is CCOC(=O)OCn1cc(C(=O)c2nc(C(=O)OC)cs2)c2ccccc21.COCCOC(=O)n1cc(C(=O)c2nc(C(=O)OC)cs2)c2ccccc21.COCCOC(=O)n1cc(C(=O)c2nc(C(=O)OC)cs2)c2ccccc21.COCCOCC(=O)OCn1cc(C(=O)c2nc(C(=O)OC)cs2)c2ccccc21. The summed E-state index contributed by atoms with van der Waals surface area (Å²) in [5, 5.41) is 9.00. The number of hydrogen-bond acceptors (Lipinski definition) is 33. The van der Waals surface area contributed by atoms with Crippen LogP contribution in [-0.2, 0) is 79.8 Å². The Morgan fingerprint density at radius 3 is 0.991 bits per heavy atom. The molecule has 37 heteroatoms. The maximum atomic E-state index is 13.0. The largest absolute Gasteiger partial charge is 0.510 e. The molecule has 0 radical (unpaired) electrons. The van der Waals surface area contributed by atoms with Crippen LogP contribution in [0, 0.1) is 0 Å². The molecule has 4 aromatic carbocycles. The van der Waals surface area contributed by atoms with Crippen LogP contribution in [0.5, 0.6) is 0 Å². The van der Waals surface area contributed by atoms with Crippen molar-refractivity contribution in [2.24, 2.45) is 0 Å². The van der Waals surface area contributed by atoms with E-state index in [9.17, 15) is 57.5 Å². The van der Waals surface area contributed by atoms with Gasteiger partial charge in [-0.3, -0.25) is 28.3 Å². The highest BCUT2D eigenvalue weighted by Crippen LogP contribution is 2.31. The monoisotopic (exact) mass is 1600 g/mol. The molecule has 0 amide bonds. The Balaban J connectivity index is 0.000000170. The fourth-order valence-corrected chi connectivity index (χ4v) is 13.1. The molecule has 111 heavy (non-hydrogen) atoms. The van der Waals surface area contributed by atoms with Gasteiger partial charge in [0.25, 0.3) is 0 Å². The van der Waals surface area contributed by atoms with Crippen LogP contribution < -0.4 is 0 Å². The molecule has 8 aromatic heterocycles. The molecule has 12 aromatic rings. The number of esters is 5. The molecule has 12 rings (SSSR count). The third-order valence-electron chi connectivity index (χ3n) is 15.4. The second-order valence-corrected chi connectivity index (χ2v) is 25.6. The number of methoxy groups -OCH3 is 7. The molecule has 0 atom stereocenters. The molecular weight excluding hydrogens is 1530 g/mol. The first-order chi connectivity index (χ1) is 53.7. The highest BCUT2D eigenvalue weighted by Gasteiger charge is 2.28. The standard InChI is InChI=1S/C20H20N2O7S.3C18H16N2O6S/c1-26-7-8-28-10-17(23)29-12-22-9-14(13-5-3-4-6-16(13)22)18(24)19-21-15(11-30-19)20(25)27-2;2*1-24-7-8-26-18(23)20-9-12(11-5-3-4-6-14(11)20)15(21)16-19-13(10-27-16)17(22)25-2;1-3-25-18(23)26-10-20-8-12(11-6-4-5-7-14(11)20)15(21)16-19-13(9-27-16)17(22)24-2/h3-6,9,11H,7-8,10,12H2,1-2H3;2*3-6,9-10H,7-8H2,1-2H3;4-9H,3,10H2,1-2H3. The van der Waals surface area contributed by atoms with Gasteiger partial charge in [-0.05, 0) is 31.2 Å². The van der Waals surface area contributed by atoms with E-state index in [1.807, 2.05) is 24.3 Å². The number of benzene rings is 4. The van der Waals surface area contributed by atoms with Crippen LogP contribution in [0.4, 0.5) is 14.4 Å². The number of hydrogen-bond donors (Lipinski definition) is 0. The van der Waals surface area contributed by atoms with Crippen LogP contribution in [0.1, 0.15) is 110 Å². The quantitative estimate of drug-likeness (QED) is 0.0190. The van der Waals surface area contributed by atoms with E-state index in [1.165, 1.54) is 85.7 Å². The van der Waals surface area contributed by atoms with E-state index in [1.54, 1.807) is 108 Å². The van der Waals surface area contributed by atoms with Crippen LogP contribution >= 0.6 is 45.3 Å². The molecule has 33 nitrogen and oxygen atoms in total. The van der Waals surface area contributed by atoms with Gasteiger partial charge in [-0.25, -0.2) is 58.3 Å². The Morgan fingerprint density at radius 1 is 0.351 bits per heavy atom. The first kappa shape index (κ1) is 82.7. The molecule has 0 aliphatic heterocycles. The second-order valence-electron chi connectivity index (χ2n) is 22.2. The minimum absolute atomic E-state index is 0.0635. The lowest BCUT2D eigenvalue weighted by Crippen LogP contribution is -2.16. The van der Waals surface area contributed by atoms with Crippen LogP contribution in [0.25, 0.3) is 43.6 Å². The molecule has 0 saturated carbocycles. The number of carbonyl (C=O) groups is 12. The molecule has 0 fully saturated rings. The average Bonchev–Trinajstić information content (AvgIpc) is 1.64. The Labute approximate surface area is 645 Å². The number of carbonyl (C=O) groups excluding carboxylic acids is 12. The zero-order chi connectivity index (χ0) is 79.7. The highest BCUT2D eigenvalue weighted by atomic mass is 32.1. The first-order valence-corrected chi connectivity index (χ1v) is 36.3. The zero-order valence-electron chi connectivity index (χ0n) is 60.3. The van der Waals surface area contributed by atoms with Gasteiger partial charge >= 0.3 is 48.2 Å². The Hall–Kier alpha value is -12.4. The van der Waals surface area contributed by atoms with E-state index in [4.69, 9.17) is 42.6 Å². The van der Waals surface area contributed by atoms with Crippen molar-refractivity contribution in [1.82, 2.24) is 38.2 Å². The highest BCUT2D eigenvalue weighted by molar-refractivity contribution is 7.13. The molecular formula is C74H68N8O25S4. The lowest BCUT2D eigenvalue weighted by atomic mass is 10.1. The van der Waals surface area contributed by atoms with E-state index >= 15 is 0 Å². The predicted molar refractivity (Wildman–Crippen MR) is 399 cm³/mol. The molecule has 0 spiro atoms. The first-order valence-electron chi connectivity index (χ1n) is 32.8. The van der Waals surface area contributed by atoms with Crippen LogP contribution in [0.2, 0.25) is 0 Å². The number of para-hydroxylation sites is 4. The predicted octanol–water partition coefficient (Wildman–Crippen LogP) is 11.0. The van der Waals surface area contributed by atoms with E-state index in [0.29, 0.717) is 61.4 Å². The normalized spacial score (nSPS) is 10.7. The summed E-state index contributed by atoms with van der Waals surface area (Å²) in [7, 11) is 9.54. The van der Waals surface area contributed by atoms with Gasteiger partial charge in [-0.15, -0.1) is 45.3 Å². The van der Waals surface area contributed by atoms with Crippen molar-refractivity contribution in [3.8, 4) is 0 Å². The average molecular weight is 1600 g/mol. The maximum Gasteiger partial charge on any atom is 0.510 e. The third-order valence-corrected chi connectivity index (χ3v) is 18.7. The number of rotatable bonds is 28. The number of ketones is 4. The van der Waals surface area contributed by atoms with Crippen molar-refractivity contribution < 1.29 is 119 Å². The second kappa shape index (κ2) is 40.2. The molecule has 0 N–H and O–H groups in total. The van der Waals surface area contributed by atoms with Gasteiger partial charge < -0.3 is 70.7 Å². The Kier molecular flexibility index (Phi) is 29.9. The fraction of sp³-hybridized carbons (Fsp3) is 0.243. The summed E-state index contributed by atoms with van der Waals surface area (Å²) < 4.78 is 69.3. The lowest BCUT2D eigenvalue weighted by Gasteiger charge is -2.07. The van der Waals surface area contributed by atoms with Gasteiger partial charge in [-0.1, -0.05) is 72.8 Å². The number of fused-ring (bicyclic) bond motifs is 4. The molecule has 0 aliphatic carbocycles. The number of ether oxygens (including phenoxy) is 13. The van der Waals surface area contributed by atoms with Crippen molar-refractivity contribution in [3.63, 3.8) is 0 Å². The van der Waals surface area contributed by atoms with Crippen molar-refractivity contribution in [3.05, 3.63) is 208 Å². The fourth-order valence-electron chi connectivity index (χ4n) is 10.2. The van der Waals surface area contributed by atoms with Crippen molar-refractivity contribution in [2.45, 2.75) is 20.4 Å². The van der Waals surface area contributed by atoms with E-state index in [-0.39, 0.29) is 114 Å².